The van der Waals surface area contributed by atoms with Crippen molar-refractivity contribution in [1.82, 2.24) is 10.2 Å². The number of carbonyl (C=O) groups is 2. The molecule has 1 aliphatic carbocycles. The van der Waals surface area contributed by atoms with E-state index in [1.807, 2.05) is 38.1 Å². The Bertz CT molecular complexity index is 1200. The lowest BCUT2D eigenvalue weighted by Crippen LogP contribution is -2.53. The number of halogens is 2. The zero-order valence-corrected chi connectivity index (χ0v) is 23.2. The number of rotatable bonds is 10. The lowest BCUT2D eigenvalue weighted by atomic mass is 10.1. The highest BCUT2D eigenvalue weighted by Crippen LogP contribution is 2.29. The Labute approximate surface area is 223 Å². The van der Waals surface area contributed by atoms with Crippen LogP contribution in [-0.2, 0) is 26.2 Å². The maximum Gasteiger partial charge on any atom is 0.244 e. The van der Waals surface area contributed by atoms with Gasteiger partial charge in [-0.1, -0.05) is 72.8 Å². The third kappa shape index (κ3) is 7.37. The summed E-state index contributed by atoms with van der Waals surface area (Å²) in [6.45, 7) is 3.50. The van der Waals surface area contributed by atoms with Crippen LogP contribution in [0.1, 0.15) is 50.2 Å². The molecule has 0 radical (unpaired) electrons. The quantitative estimate of drug-likeness (QED) is 0.451. The fourth-order valence-corrected chi connectivity index (χ4v) is 5.68. The van der Waals surface area contributed by atoms with E-state index in [0.29, 0.717) is 6.42 Å². The molecule has 2 amide bonds. The first kappa shape index (κ1) is 28.3. The molecular weight excluding hydrogens is 521 g/mol. The van der Waals surface area contributed by atoms with E-state index in [2.05, 4.69) is 5.32 Å². The highest BCUT2D eigenvalue weighted by Gasteiger charge is 2.33. The van der Waals surface area contributed by atoms with Gasteiger partial charge in [0.2, 0.25) is 21.8 Å². The third-order valence-electron chi connectivity index (χ3n) is 6.39. The van der Waals surface area contributed by atoms with Crippen molar-refractivity contribution in [2.24, 2.45) is 0 Å². The summed E-state index contributed by atoms with van der Waals surface area (Å²) in [4.78, 5) is 28.5. The second-order valence-electron chi connectivity index (χ2n) is 9.29. The first-order valence-corrected chi connectivity index (χ1v) is 14.7. The number of hydrogen-bond acceptors (Lipinski definition) is 4. The number of nitrogens with zero attached hydrogens (tertiary/aromatic N) is 2. The van der Waals surface area contributed by atoms with Crippen molar-refractivity contribution in [3.63, 3.8) is 0 Å². The molecule has 36 heavy (non-hydrogen) atoms. The number of amides is 2. The van der Waals surface area contributed by atoms with Crippen LogP contribution in [0.5, 0.6) is 0 Å². The molecule has 0 spiro atoms. The maximum atomic E-state index is 13.7. The molecule has 1 atom stereocenters. The monoisotopic (exact) mass is 553 g/mol. The van der Waals surface area contributed by atoms with Gasteiger partial charge in [0.1, 0.15) is 12.6 Å². The van der Waals surface area contributed by atoms with Gasteiger partial charge in [0.15, 0.2) is 0 Å². The molecule has 1 aliphatic rings. The smallest absolute Gasteiger partial charge is 0.244 e. The van der Waals surface area contributed by atoms with Gasteiger partial charge in [0.25, 0.3) is 0 Å². The van der Waals surface area contributed by atoms with Gasteiger partial charge in [0.05, 0.1) is 22.0 Å². The van der Waals surface area contributed by atoms with E-state index >= 15 is 0 Å². The van der Waals surface area contributed by atoms with Gasteiger partial charge in [-0.25, -0.2) is 8.42 Å². The van der Waals surface area contributed by atoms with Crippen LogP contribution in [0.15, 0.2) is 42.5 Å². The van der Waals surface area contributed by atoms with Gasteiger partial charge < -0.3 is 10.2 Å². The first-order valence-electron chi connectivity index (χ1n) is 12.1. The number of aryl methyl sites for hydroxylation is 1. The fourth-order valence-electron chi connectivity index (χ4n) is 4.55. The fraction of sp³-hybridized carbons (Fsp3) is 0.462. The summed E-state index contributed by atoms with van der Waals surface area (Å²) in [7, 11) is -3.84. The third-order valence-corrected chi connectivity index (χ3v) is 8.27. The normalized spacial score (nSPS) is 14.9. The van der Waals surface area contributed by atoms with Crippen LogP contribution in [0.3, 0.4) is 0 Å². The van der Waals surface area contributed by atoms with Gasteiger partial charge in [0, 0.05) is 12.6 Å². The van der Waals surface area contributed by atoms with Crippen LogP contribution in [0.25, 0.3) is 0 Å². The van der Waals surface area contributed by atoms with Crippen molar-refractivity contribution in [2.75, 3.05) is 17.1 Å². The van der Waals surface area contributed by atoms with Crippen molar-refractivity contribution < 1.29 is 18.0 Å². The van der Waals surface area contributed by atoms with Crippen LogP contribution in [0.4, 0.5) is 5.69 Å². The van der Waals surface area contributed by atoms with E-state index in [1.165, 1.54) is 23.1 Å². The average Bonchev–Trinajstić information content (AvgIpc) is 3.31. The first-order chi connectivity index (χ1) is 17.0. The number of hydrogen-bond donors (Lipinski definition) is 1. The van der Waals surface area contributed by atoms with Crippen LogP contribution in [-0.4, -0.2) is 50.0 Å². The molecule has 0 unspecified atom stereocenters. The second-order valence-corrected chi connectivity index (χ2v) is 12.0. The molecule has 196 valence electrons. The molecule has 0 heterocycles. The summed E-state index contributed by atoms with van der Waals surface area (Å²) in [6, 6.07) is 11.4. The lowest BCUT2D eigenvalue weighted by molar-refractivity contribution is -0.140. The number of anilines is 1. The van der Waals surface area contributed by atoms with Gasteiger partial charge in [-0.05, 0) is 49.9 Å². The Morgan fingerprint density at radius 1 is 1.08 bits per heavy atom. The lowest BCUT2D eigenvalue weighted by Gasteiger charge is -2.33. The highest BCUT2D eigenvalue weighted by molar-refractivity contribution is 7.92. The Kier molecular flexibility index (Phi) is 9.66. The summed E-state index contributed by atoms with van der Waals surface area (Å²) >= 11 is 12.1. The minimum Gasteiger partial charge on any atom is -0.352 e. The van der Waals surface area contributed by atoms with Gasteiger partial charge >= 0.3 is 0 Å². The van der Waals surface area contributed by atoms with E-state index in [9.17, 15) is 18.0 Å². The van der Waals surface area contributed by atoms with Crippen LogP contribution in [0.2, 0.25) is 10.0 Å². The minimum atomic E-state index is -3.84. The molecule has 0 saturated heterocycles. The van der Waals surface area contributed by atoms with E-state index in [-0.39, 0.29) is 34.2 Å². The number of nitrogens with one attached hydrogen (secondary N) is 1. The molecule has 1 fully saturated rings. The molecule has 3 rings (SSSR count). The molecule has 10 heteroatoms. The van der Waals surface area contributed by atoms with E-state index < -0.39 is 28.5 Å². The van der Waals surface area contributed by atoms with Crippen molar-refractivity contribution in [3.05, 3.63) is 63.6 Å². The molecular formula is C26H33Cl2N3O4S. The standard InChI is InChI=1S/C26H33Cl2N3O4S/c1-4-24(26(33)29-20-10-5-6-11-20)30(16-19-9-7-8-18(2)14-19)25(32)17-31(36(3,34)35)21-12-13-22(27)23(28)15-21/h7-9,12-15,20,24H,4-6,10-11,16-17H2,1-3H3,(H,29,33)/t24-/m0/s1. The number of carbonyl (C=O) groups excluding carboxylic acids is 2. The van der Waals surface area contributed by atoms with E-state index in [1.54, 1.807) is 0 Å². The molecule has 0 aliphatic heterocycles. The van der Waals surface area contributed by atoms with Crippen LogP contribution >= 0.6 is 23.2 Å². The van der Waals surface area contributed by atoms with Crippen LogP contribution in [0, 0.1) is 6.92 Å². The average molecular weight is 555 g/mol. The molecule has 7 nitrogen and oxygen atoms in total. The Morgan fingerprint density at radius 2 is 1.78 bits per heavy atom. The molecule has 2 aromatic carbocycles. The number of sulfonamides is 1. The van der Waals surface area contributed by atoms with Crippen molar-refractivity contribution in [2.45, 2.75) is 64.6 Å². The predicted octanol–water partition coefficient (Wildman–Crippen LogP) is 4.93. The van der Waals surface area contributed by atoms with Crippen LogP contribution < -0.4 is 9.62 Å². The Hall–Kier alpha value is -2.29. The SMILES string of the molecule is CC[C@@H](C(=O)NC1CCCC1)N(Cc1cccc(C)c1)C(=O)CN(c1ccc(Cl)c(Cl)c1)S(C)(=O)=O. The topological polar surface area (TPSA) is 86.8 Å². The zero-order valence-electron chi connectivity index (χ0n) is 20.8. The van der Waals surface area contributed by atoms with E-state index in [0.717, 1.165) is 47.4 Å². The molecule has 0 aromatic heterocycles. The van der Waals surface area contributed by atoms with Crippen molar-refractivity contribution in [1.29, 1.82) is 0 Å². The molecule has 1 saturated carbocycles. The Balaban J connectivity index is 1.93. The molecule has 1 N–H and O–H groups in total. The van der Waals surface area contributed by atoms with E-state index in [4.69, 9.17) is 23.2 Å². The van der Waals surface area contributed by atoms with Gasteiger partial charge in [-0.3, -0.25) is 13.9 Å². The maximum absolute atomic E-state index is 13.7. The molecule has 2 aromatic rings. The Morgan fingerprint density at radius 3 is 2.36 bits per heavy atom. The van der Waals surface area contributed by atoms with Gasteiger partial charge in [-0.15, -0.1) is 0 Å². The zero-order chi connectivity index (χ0) is 26.5. The largest absolute Gasteiger partial charge is 0.352 e. The minimum absolute atomic E-state index is 0.103. The summed E-state index contributed by atoms with van der Waals surface area (Å²) in [5.74, 6) is -0.702. The summed E-state index contributed by atoms with van der Waals surface area (Å²) in [6.07, 6.45) is 5.40. The van der Waals surface area contributed by atoms with Gasteiger partial charge in [-0.2, -0.15) is 0 Å². The summed E-state index contributed by atoms with van der Waals surface area (Å²) in [5.41, 5.74) is 2.10. The predicted molar refractivity (Wildman–Crippen MR) is 145 cm³/mol. The molecule has 0 bridgehead atoms. The van der Waals surface area contributed by atoms with Crippen molar-refractivity contribution >= 4 is 50.7 Å². The second kappa shape index (κ2) is 12.3. The number of benzene rings is 2. The highest BCUT2D eigenvalue weighted by atomic mass is 35.5. The summed E-state index contributed by atoms with van der Waals surface area (Å²) in [5, 5.41) is 3.54. The van der Waals surface area contributed by atoms with Crippen molar-refractivity contribution in [3.8, 4) is 0 Å². The summed E-state index contributed by atoms with van der Waals surface area (Å²) < 4.78 is 26.4.